The summed E-state index contributed by atoms with van der Waals surface area (Å²) in [5, 5.41) is 0. The zero-order valence-electron chi connectivity index (χ0n) is 5.65. The molecule has 0 heterocycles. The molecule has 0 aromatic heterocycles. The van der Waals surface area contributed by atoms with Crippen molar-refractivity contribution >= 4 is 5.78 Å². The van der Waals surface area contributed by atoms with Crippen molar-refractivity contribution in [3.63, 3.8) is 0 Å². The molecule has 11 heavy (non-hydrogen) atoms. The third-order valence-corrected chi connectivity index (χ3v) is 0.809. The molecule has 0 spiro atoms. The summed E-state index contributed by atoms with van der Waals surface area (Å²) in [6.07, 6.45) is -3.03. The van der Waals surface area contributed by atoms with Gasteiger partial charge in [0.15, 0.2) is 12.5 Å². The van der Waals surface area contributed by atoms with Gasteiger partial charge in [-0.1, -0.05) is 6.58 Å². The summed E-state index contributed by atoms with van der Waals surface area (Å²) in [5.74, 6) is -0.710. The zero-order chi connectivity index (χ0) is 8.91. The number of ketones is 1. The van der Waals surface area contributed by atoms with E-state index >= 15 is 0 Å². The van der Waals surface area contributed by atoms with Gasteiger partial charge in [-0.3, -0.25) is 4.79 Å². The van der Waals surface area contributed by atoms with E-state index in [0.717, 1.165) is 6.08 Å². The normalized spacial score (nSPS) is 11.2. The SMILES string of the molecule is C=CC(=O)COC(F)(F)CF. The van der Waals surface area contributed by atoms with Crippen molar-refractivity contribution in [1.82, 2.24) is 0 Å². The standard InChI is InChI=1S/C6H7F3O2/c1-2-5(10)3-11-6(8,9)4-7/h2H,1,3-4H2. The molecule has 0 amide bonds. The smallest absolute Gasteiger partial charge is 0.310 e. The van der Waals surface area contributed by atoms with Gasteiger partial charge in [-0.15, -0.1) is 0 Å². The van der Waals surface area contributed by atoms with E-state index in [0.29, 0.717) is 0 Å². The Bertz CT molecular complexity index is 156. The Labute approximate surface area is 61.6 Å². The van der Waals surface area contributed by atoms with Crippen LogP contribution in [0.15, 0.2) is 12.7 Å². The Kier molecular flexibility index (Phi) is 3.81. The topological polar surface area (TPSA) is 26.3 Å². The number of hydrogen-bond donors (Lipinski definition) is 0. The fourth-order valence-corrected chi connectivity index (χ4v) is 0.274. The molecule has 0 rings (SSSR count). The van der Waals surface area contributed by atoms with Crippen LogP contribution in [0.3, 0.4) is 0 Å². The summed E-state index contributed by atoms with van der Waals surface area (Å²) in [6, 6.07) is 0. The van der Waals surface area contributed by atoms with Crippen molar-refractivity contribution < 1.29 is 22.7 Å². The predicted molar refractivity (Wildman–Crippen MR) is 32.1 cm³/mol. The molecule has 0 aromatic rings. The van der Waals surface area contributed by atoms with E-state index in [9.17, 15) is 18.0 Å². The molecule has 0 radical (unpaired) electrons. The van der Waals surface area contributed by atoms with E-state index in [1.165, 1.54) is 0 Å². The molecular formula is C6H7F3O2. The summed E-state index contributed by atoms with van der Waals surface area (Å²) < 4.78 is 38.6. The average Bonchev–Trinajstić information content (AvgIpc) is 2.00. The van der Waals surface area contributed by atoms with Gasteiger partial charge in [0.1, 0.15) is 6.61 Å². The van der Waals surface area contributed by atoms with E-state index < -0.39 is 25.2 Å². The minimum Gasteiger partial charge on any atom is -0.310 e. The van der Waals surface area contributed by atoms with Crippen LogP contribution in [0.4, 0.5) is 13.2 Å². The number of carbonyl (C=O) groups is 1. The first-order chi connectivity index (χ1) is 5.02. The second-order valence-corrected chi connectivity index (χ2v) is 1.73. The Morgan fingerprint density at radius 1 is 1.64 bits per heavy atom. The molecular weight excluding hydrogens is 161 g/mol. The van der Waals surface area contributed by atoms with Crippen LogP contribution in [0.2, 0.25) is 0 Å². The first-order valence-electron chi connectivity index (χ1n) is 2.75. The van der Waals surface area contributed by atoms with Crippen LogP contribution in [0, 0.1) is 0 Å². The third-order valence-electron chi connectivity index (χ3n) is 0.809. The first-order valence-corrected chi connectivity index (χ1v) is 2.75. The molecule has 0 N–H and O–H groups in total. The summed E-state index contributed by atoms with van der Waals surface area (Å²) in [5.41, 5.74) is 0. The second kappa shape index (κ2) is 4.12. The molecule has 5 heteroatoms. The quantitative estimate of drug-likeness (QED) is 0.578. The van der Waals surface area contributed by atoms with Crippen LogP contribution in [-0.4, -0.2) is 25.2 Å². The lowest BCUT2D eigenvalue weighted by Crippen LogP contribution is -2.26. The summed E-state index contributed by atoms with van der Waals surface area (Å²) in [6.45, 7) is 0.239. The molecule has 64 valence electrons. The Morgan fingerprint density at radius 3 is 2.55 bits per heavy atom. The highest BCUT2D eigenvalue weighted by atomic mass is 19.3. The number of ether oxygens (including phenoxy) is 1. The molecule has 0 atom stereocenters. The Morgan fingerprint density at radius 2 is 2.18 bits per heavy atom. The van der Waals surface area contributed by atoms with Crippen LogP contribution in [-0.2, 0) is 9.53 Å². The number of rotatable bonds is 5. The van der Waals surface area contributed by atoms with Gasteiger partial charge < -0.3 is 4.74 Å². The first kappa shape index (κ1) is 10.2. The maximum absolute atomic E-state index is 11.9. The van der Waals surface area contributed by atoms with Gasteiger partial charge in [0.2, 0.25) is 0 Å². The zero-order valence-corrected chi connectivity index (χ0v) is 5.65. The number of hydrogen-bond acceptors (Lipinski definition) is 2. The Balaban J connectivity index is 3.69. The summed E-state index contributed by atoms with van der Waals surface area (Å²) in [7, 11) is 0. The molecule has 0 saturated heterocycles. The van der Waals surface area contributed by atoms with Crippen molar-refractivity contribution in [1.29, 1.82) is 0 Å². The fourth-order valence-electron chi connectivity index (χ4n) is 0.274. The monoisotopic (exact) mass is 168 g/mol. The number of halogens is 3. The predicted octanol–water partition coefficient (Wildman–Crippen LogP) is 1.32. The van der Waals surface area contributed by atoms with Crippen molar-refractivity contribution in [3.05, 3.63) is 12.7 Å². The van der Waals surface area contributed by atoms with Crippen LogP contribution in [0.1, 0.15) is 0 Å². The van der Waals surface area contributed by atoms with Gasteiger partial charge in [-0.05, 0) is 6.08 Å². The number of carbonyl (C=O) groups excluding carboxylic acids is 1. The highest BCUT2D eigenvalue weighted by molar-refractivity contribution is 5.90. The van der Waals surface area contributed by atoms with Gasteiger partial charge in [0, 0.05) is 0 Å². The van der Waals surface area contributed by atoms with Gasteiger partial charge in [-0.2, -0.15) is 8.78 Å². The highest BCUT2D eigenvalue weighted by Crippen LogP contribution is 2.14. The second-order valence-electron chi connectivity index (χ2n) is 1.73. The molecule has 0 aliphatic carbocycles. The van der Waals surface area contributed by atoms with E-state index in [1.807, 2.05) is 0 Å². The lowest BCUT2D eigenvalue weighted by Gasteiger charge is -2.10. The molecule has 0 aliphatic rings. The van der Waals surface area contributed by atoms with Gasteiger partial charge in [0.05, 0.1) is 0 Å². The fraction of sp³-hybridized carbons (Fsp3) is 0.500. The van der Waals surface area contributed by atoms with E-state index in [2.05, 4.69) is 11.3 Å². The molecule has 0 fully saturated rings. The minimum absolute atomic E-state index is 0.710. The van der Waals surface area contributed by atoms with Crippen molar-refractivity contribution in [2.45, 2.75) is 6.11 Å². The highest BCUT2D eigenvalue weighted by Gasteiger charge is 2.30. The van der Waals surface area contributed by atoms with Crippen molar-refractivity contribution in [2.75, 3.05) is 13.3 Å². The lowest BCUT2D eigenvalue weighted by molar-refractivity contribution is -0.242. The molecule has 0 aliphatic heterocycles. The Hall–Kier alpha value is -0.840. The molecule has 0 bridgehead atoms. The summed E-state index contributed by atoms with van der Waals surface area (Å²) in [4.78, 5) is 10.3. The number of alkyl halides is 3. The average molecular weight is 168 g/mol. The largest absolute Gasteiger partial charge is 0.384 e. The molecule has 0 aromatic carbocycles. The molecule has 0 saturated carbocycles. The van der Waals surface area contributed by atoms with Crippen molar-refractivity contribution in [3.8, 4) is 0 Å². The lowest BCUT2D eigenvalue weighted by atomic mass is 10.4. The van der Waals surface area contributed by atoms with Gasteiger partial charge in [-0.25, -0.2) is 4.39 Å². The molecule has 2 nitrogen and oxygen atoms in total. The van der Waals surface area contributed by atoms with Gasteiger partial charge >= 0.3 is 6.11 Å². The minimum atomic E-state index is -3.86. The van der Waals surface area contributed by atoms with E-state index in [-0.39, 0.29) is 0 Å². The third kappa shape index (κ3) is 4.55. The van der Waals surface area contributed by atoms with Crippen LogP contribution < -0.4 is 0 Å². The van der Waals surface area contributed by atoms with Crippen LogP contribution in [0.25, 0.3) is 0 Å². The van der Waals surface area contributed by atoms with Crippen molar-refractivity contribution in [2.24, 2.45) is 0 Å². The maximum atomic E-state index is 11.9. The van der Waals surface area contributed by atoms with E-state index in [1.54, 1.807) is 0 Å². The van der Waals surface area contributed by atoms with Crippen LogP contribution >= 0.6 is 0 Å². The van der Waals surface area contributed by atoms with Crippen LogP contribution in [0.5, 0.6) is 0 Å². The summed E-state index contributed by atoms with van der Waals surface area (Å²) >= 11 is 0. The maximum Gasteiger partial charge on any atom is 0.384 e. The van der Waals surface area contributed by atoms with E-state index in [4.69, 9.17) is 0 Å². The van der Waals surface area contributed by atoms with Gasteiger partial charge in [0.25, 0.3) is 0 Å². The molecule has 0 unspecified atom stereocenters.